The molecule has 2 fully saturated rings. The number of nitrogens with one attached hydrogen (secondary N) is 1. The van der Waals surface area contributed by atoms with Gasteiger partial charge < -0.3 is 5.32 Å². The van der Waals surface area contributed by atoms with Gasteiger partial charge in [0, 0.05) is 37.8 Å². The van der Waals surface area contributed by atoms with Gasteiger partial charge in [-0.05, 0) is 0 Å². The van der Waals surface area contributed by atoms with Gasteiger partial charge >= 0.3 is 0 Å². The molecule has 3 nitrogen and oxygen atoms in total. The first kappa shape index (κ1) is 9.68. The molecule has 12 heavy (non-hydrogen) atoms. The molecule has 0 unspecified atom stereocenters. The maximum atomic E-state index is 11.2. The lowest BCUT2D eigenvalue weighted by molar-refractivity contribution is -0.135. The molecule has 0 spiro atoms. The van der Waals surface area contributed by atoms with Crippen LogP contribution in [0.5, 0.6) is 0 Å². The number of carbonyl (C=O) groups is 2. The number of rotatable bonds is 0. The van der Waals surface area contributed by atoms with E-state index in [1.165, 1.54) is 0 Å². The summed E-state index contributed by atoms with van der Waals surface area (Å²) in [6.45, 7) is 1.44. The second-order valence-electron chi connectivity index (χ2n) is 3.30. The fourth-order valence-electron chi connectivity index (χ4n) is 1.97. The normalized spacial score (nSPS) is 34.3. The summed E-state index contributed by atoms with van der Waals surface area (Å²) in [5.41, 5.74) is 0. The number of hydrogen-bond donors (Lipinski definition) is 1. The summed E-state index contributed by atoms with van der Waals surface area (Å²) in [6.07, 6.45) is 0.948. The molecule has 4 heteroatoms. The van der Waals surface area contributed by atoms with Crippen molar-refractivity contribution in [1.82, 2.24) is 5.32 Å². The van der Waals surface area contributed by atoms with Crippen LogP contribution in [-0.2, 0) is 9.59 Å². The van der Waals surface area contributed by atoms with Crippen LogP contribution in [0.2, 0.25) is 0 Å². The van der Waals surface area contributed by atoms with Gasteiger partial charge in [0.1, 0.15) is 11.6 Å². The standard InChI is InChI=1S/C8H11NO2.ClH/c10-7-1-2-8(11)6-4-9-3-5(6)7;/h5-6,9H,1-4H2;1H/t5-,6+;. The van der Waals surface area contributed by atoms with Crippen molar-refractivity contribution in [3.63, 3.8) is 0 Å². The molecule has 68 valence electrons. The van der Waals surface area contributed by atoms with Gasteiger partial charge in [-0.25, -0.2) is 0 Å². The number of Topliss-reactive ketones (excluding diaryl/α,β-unsaturated/α-hetero) is 2. The highest BCUT2D eigenvalue weighted by Crippen LogP contribution is 2.26. The van der Waals surface area contributed by atoms with E-state index in [2.05, 4.69) is 5.32 Å². The van der Waals surface area contributed by atoms with Crippen LogP contribution in [-0.4, -0.2) is 24.7 Å². The molecule has 2 atom stereocenters. The monoisotopic (exact) mass is 189 g/mol. The Hall–Kier alpha value is -0.410. The number of halogens is 1. The number of hydrogen-bond acceptors (Lipinski definition) is 3. The molecule has 1 saturated heterocycles. The van der Waals surface area contributed by atoms with E-state index in [0.29, 0.717) is 12.8 Å². The third kappa shape index (κ3) is 1.39. The van der Waals surface area contributed by atoms with E-state index in [9.17, 15) is 9.59 Å². The molecule has 0 aromatic rings. The van der Waals surface area contributed by atoms with Crippen molar-refractivity contribution >= 4 is 24.0 Å². The Morgan fingerprint density at radius 1 is 1.00 bits per heavy atom. The Morgan fingerprint density at radius 2 is 1.42 bits per heavy atom. The van der Waals surface area contributed by atoms with Gasteiger partial charge in [0.05, 0.1) is 0 Å². The van der Waals surface area contributed by atoms with Crippen molar-refractivity contribution in [2.24, 2.45) is 11.8 Å². The van der Waals surface area contributed by atoms with Crippen molar-refractivity contribution in [1.29, 1.82) is 0 Å². The van der Waals surface area contributed by atoms with Crippen LogP contribution in [0.25, 0.3) is 0 Å². The van der Waals surface area contributed by atoms with Crippen LogP contribution >= 0.6 is 12.4 Å². The molecule has 2 aliphatic rings. The minimum Gasteiger partial charge on any atom is -0.315 e. The summed E-state index contributed by atoms with van der Waals surface area (Å²) in [5, 5.41) is 3.08. The second-order valence-corrected chi connectivity index (χ2v) is 3.30. The predicted octanol–water partition coefficient (Wildman–Crippen LogP) is 0.176. The molecule has 1 saturated carbocycles. The lowest BCUT2D eigenvalue weighted by Gasteiger charge is -2.20. The summed E-state index contributed by atoms with van der Waals surface area (Å²) in [4.78, 5) is 22.5. The lowest BCUT2D eigenvalue weighted by Crippen LogP contribution is -2.33. The minimum atomic E-state index is 0. The molecule has 1 N–H and O–H groups in total. The predicted molar refractivity (Wildman–Crippen MR) is 46.3 cm³/mol. The molecule has 1 heterocycles. The smallest absolute Gasteiger partial charge is 0.138 e. The van der Waals surface area contributed by atoms with Crippen molar-refractivity contribution in [2.45, 2.75) is 12.8 Å². The van der Waals surface area contributed by atoms with Crippen LogP contribution in [0.15, 0.2) is 0 Å². The third-order valence-corrected chi connectivity index (χ3v) is 2.66. The molecular formula is C8H12ClNO2. The van der Waals surface area contributed by atoms with Crippen molar-refractivity contribution in [2.75, 3.05) is 13.1 Å². The zero-order valence-corrected chi connectivity index (χ0v) is 7.52. The van der Waals surface area contributed by atoms with Crippen LogP contribution in [0, 0.1) is 11.8 Å². The third-order valence-electron chi connectivity index (χ3n) is 2.66. The second kappa shape index (κ2) is 3.54. The fraction of sp³-hybridized carbons (Fsp3) is 0.750. The highest BCUT2D eigenvalue weighted by atomic mass is 35.5. The van der Waals surface area contributed by atoms with Gasteiger partial charge in [-0.15, -0.1) is 12.4 Å². The van der Waals surface area contributed by atoms with E-state index in [0.717, 1.165) is 13.1 Å². The average Bonchev–Trinajstić information content (AvgIpc) is 2.45. The fourth-order valence-corrected chi connectivity index (χ4v) is 1.97. The summed E-state index contributed by atoms with van der Waals surface area (Å²) in [7, 11) is 0. The minimum absolute atomic E-state index is 0. The van der Waals surface area contributed by atoms with Gasteiger partial charge in [0.15, 0.2) is 0 Å². The number of carbonyl (C=O) groups excluding carboxylic acids is 2. The first-order valence-corrected chi connectivity index (χ1v) is 4.05. The maximum absolute atomic E-state index is 11.2. The van der Waals surface area contributed by atoms with E-state index >= 15 is 0 Å². The van der Waals surface area contributed by atoms with Crippen molar-refractivity contribution in [3.05, 3.63) is 0 Å². The highest BCUT2D eigenvalue weighted by Gasteiger charge is 2.40. The Labute approximate surface area is 77.3 Å². The molecular weight excluding hydrogens is 178 g/mol. The summed E-state index contributed by atoms with van der Waals surface area (Å²) >= 11 is 0. The summed E-state index contributed by atoms with van der Waals surface area (Å²) < 4.78 is 0. The van der Waals surface area contributed by atoms with E-state index in [-0.39, 0.29) is 35.8 Å². The maximum Gasteiger partial charge on any atom is 0.138 e. The molecule has 0 aromatic carbocycles. The number of fused-ring (bicyclic) bond motifs is 1. The van der Waals surface area contributed by atoms with Crippen LogP contribution in [0.1, 0.15) is 12.8 Å². The largest absolute Gasteiger partial charge is 0.315 e. The highest BCUT2D eigenvalue weighted by molar-refractivity contribution is 5.97. The molecule has 0 aromatic heterocycles. The zero-order valence-electron chi connectivity index (χ0n) is 6.71. The van der Waals surface area contributed by atoms with Gasteiger partial charge in [-0.3, -0.25) is 9.59 Å². The molecule has 0 bridgehead atoms. The molecule has 1 aliphatic carbocycles. The van der Waals surface area contributed by atoms with E-state index in [1.54, 1.807) is 0 Å². The molecule has 2 rings (SSSR count). The average molecular weight is 190 g/mol. The Balaban J connectivity index is 0.000000720. The molecule has 1 aliphatic heterocycles. The lowest BCUT2D eigenvalue weighted by atomic mass is 9.80. The number of ketones is 2. The van der Waals surface area contributed by atoms with Gasteiger partial charge in [-0.1, -0.05) is 0 Å². The van der Waals surface area contributed by atoms with Gasteiger partial charge in [0.25, 0.3) is 0 Å². The quantitative estimate of drug-likeness (QED) is 0.591. The Bertz CT molecular complexity index is 195. The van der Waals surface area contributed by atoms with Gasteiger partial charge in [0.2, 0.25) is 0 Å². The molecule has 0 amide bonds. The van der Waals surface area contributed by atoms with Crippen LogP contribution < -0.4 is 5.32 Å². The SMILES string of the molecule is Cl.O=C1CCC(=O)[C@@H]2CNC[C@H]12. The van der Waals surface area contributed by atoms with Crippen LogP contribution in [0.4, 0.5) is 0 Å². The van der Waals surface area contributed by atoms with E-state index < -0.39 is 0 Å². The van der Waals surface area contributed by atoms with E-state index in [1.807, 2.05) is 0 Å². The zero-order chi connectivity index (χ0) is 7.84. The molecule has 0 radical (unpaired) electrons. The summed E-state index contributed by atoms with van der Waals surface area (Å²) in [6, 6.07) is 0. The first-order valence-electron chi connectivity index (χ1n) is 4.05. The summed E-state index contributed by atoms with van der Waals surface area (Å²) in [5.74, 6) is 0.576. The van der Waals surface area contributed by atoms with Crippen molar-refractivity contribution < 1.29 is 9.59 Å². The van der Waals surface area contributed by atoms with E-state index in [4.69, 9.17) is 0 Å². The Morgan fingerprint density at radius 3 is 1.83 bits per heavy atom. The van der Waals surface area contributed by atoms with Crippen molar-refractivity contribution in [3.8, 4) is 0 Å². The Kier molecular flexibility index (Phi) is 2.85. The van der Waals surface area contributed by atoms with Crippen LogP contribution in [0.3, 0.4) is 0 Å². The van der Waals surface area contributed by atoms with Gasteiger partial charge in [-0.2, -0.15) is 0 Å². The topological polar surface area (TPSA) is 46.2 Å². The first-order chi connectivity index (χ1) is 5.29.